The lowest BCUT2D eigenvalue weighted by Gasteiger charge is -2.38. The fraction of sp³-hybridized carbons (Fsp3) is 0.452. The summed E-state index contributed by atoms with van der Waals surface area (Å²) in [4.78, 5) is 22.5. The minimum Gasteiger partial charge on any atom is -0.434 e. The summed E-state index contributed by atoms with van der Waals surface area (Å²) in [5, 5.41) is 32.5. The number of piperidine rings is 1. The molecule has 0 saturated carbocycles. The topological polar surface area (TPSA) is 137 Å². The average molecular weight is 654 g/mol. The maximum absolute atomic E-state index is 13.4. The highest BCUT2D eigenvalue weighted by Crippen LogP contribution is 2.38. The third-order valence-electron chi connectivity index (χ3n) is 8.00. The van der Waals surface area contributed by atoms with Crippen LogP contribution in [-0.4, -0.2) is 90.8 Å². The first-order chi connectivity index (χ1) is 22.0. The predicted molar refractivity (Wildman–Crippen MR) is 169 cm³/mol. The molecule has 1 aromatic carbocycles. The molecular weight excluding hydrogens is 616 g/mol. The van der Waals surface area contributed by atoms with Gasteiger partial charge in [0, 0.05) is 54.7 Å². The number of nitriles is 1. The standard InChI is InChI=1S/C31H37F2N9O3S/c1-31(2,18-34)19-39(3)20-8-12-40(13-9-20)26(43)17-41-16-24(37-29(44)23-15-36-42-11-5-10-35-28(23)42)27(38-41)22-14-21(46-4)6-7-25(22)45-30(32)33/h5-7,10-11,14-16,20,29-30,37,44H,8-9,12-13,17,19H2,1-4H3. The Bertz CT molecular complexity index is 1710. The van der Waals surface area contributed by atoms with Crippen LogP contribution in [0.5, 0.6) is 5.75 Å². The van der Waals surface area contributed by atoms with E-state index in [4.69, 9.17) is 4.74 Å². The van der Waals surface area contributed by atoms with Gasteiger partial charge in [-0.25, -0.2) is 9.50 Å². The van der Waals surface area contributed by atoms with Crippen molar-refractivity contribution >= 4 is 29.0 Å². The van der Waals surface area contributed by atoms with Crippen LogP contribution in [0.15, 0.2) is 53.9 Å². The summed E-state index contributed by atoms with van der Waals surface area (Å²) >= 11 is 1.42. The Labute approximate surface area is 269 Å². The van der Waals surface area contributed by atoms with E-state index in [2.05, 4.69) is 31.5 Å². The number of nitrogens with one attached hydrogen (secondary N) is 1. The Morgan fingerprint density at radius 2 is 2.09 bits per heavy atom. The second-order valence-electron chi connectivity index (χ2n) is 11.9. The molecule has 1 aliphatic heterocycles. The van der Waals surface area contributed by atoms with E-state index in [1.807, 2.05) is 27.2 Å². The van der Waals surface area contributed by atoms with Gasteiger partial charge in [0.1, 0.15) is 18.0 Å². The maximum Gasteiger partial charge on any atom is 0.387 e. The van der Waals surface area contributed by atoms with Crippen LogP contribution in [-0.2, 0) is 11.3 Å². The quantitative estimate of drug-likeness (QED) is 0.166. The zero-order chi connectivity index (χ0) is 33.0. The first-order valence-electron chi connectivity index (χ1n) is 14.8. The molecule has 0 spiro atoms. The smallest absolute Gasteiger partial charge is 0.387 e. The number of rotatable bonds is 12. The highest BCUT2D eigenvalue weighted by Gasteiger charge is 2.29. The minimum absolute atomic E-state index is 0.0923. The van der Waals surface area contributed by atoms with Crippen LogP contribution >= 0.6 is 11.8 Å². The maximum atomic E-state index is 13.4. The number of aromatic nitrogens is 5. The molecule has 12 nitrogen and oxygen atoms in total. The van der Waals surface area contributed by atoms with Crippen molar-refractivity contribution in [1.82, 2.24) is 34.2 Å². The summed E-state index contributed by atoms with van der Waals surface area (Å²) in [6.45, 7) is 2.42. The van der Waals surface area contributed by atoms with Crippen LogP contribution < -0.4 is 10.1 Å². The van der Waals surface area contributed by atoms with Crippen molar-refractivity contribution < 1.29 is 23.4 Å². The summed E-state index contributed by atoms with van der Waals surface area (Å²) < 4.78 is 34.6. The molecule has 244 valence electrons. The van der Waals surface area contributed by atoms with E-state index in [0.29, 0.717) is 36.5 Å². The normalized spacial score (nSPS) is 15.0. The molecule has 0 aliphatic carbocycles. The van der Waals surface area contributed by atoms with Crippen LogP contribution in [0.25, 0.3) is 16.9 Å². The van der Waals surface area contributed by atoms with Gasteiger partial charge in [0.2, 0.25) is 5.91 Å². The third-order valence-corrected chi connectivity index (χ3v) is 8.72. The molecule has 3 aromatic heterocycles. The summed E-state index contributed by atoms with van der Waals surface area (Å²) in [7, 11) is 2.01. The number of anilines is 1. The molecule has 4 heterocycles. The molecule has 5 rings (SSSR count). The monoisotopic (exact) mass is 653 g/mol. The largest absolute Gasteiger partial charge is 0.434 e. The van der Waals surface area contributed by atoms with E-state index in [9.17, 15) is 23.9 Å². The fourth-order valence-corrected chi connectivity index (χ4v) is 6.11. The number of aliphatic hydroxyl groups is 1. The molecule has 1 atom stereocenters. The molecule has 1 fully saturated rings. The number of carbonyl (C=O) groups excluding carboxylic acids is 1. The van der Waals surface area contributed by atoms with Crippen LogP contribution in [0.1, 0.15) is 38.5 Å². The highest BCUT2D eigenvalue weighted by molar-refractivity contribution is 7.98. The summed E-state index contributed by atoms with van der Waals surface area (Å²) in [5.41, 5.74) is 1.16. The average Bonchev–Trinajstić information content (AvgIpc) is 3.65. The molecule has 15 heteroatoms. The number of fused-ring (bicyclic) bond motifs is 1. The minimum atomic E-state index is -3.07. The number of halogens is 2. The Morgan fingerprint density at radius 3 is 2.78 bits per heavy atom. The second-order valence-corrected chi connectivity index (χ2v) is 12.8. The molecule has 1 unspecified atom stereocenters. The first-order valence-corrected chi connectivity index (χ1v) is 16.0. The number of alkyl halides is 2. The Balaban J connectivity index is 1.39. The number of nitrogens with zero attached hydrogens (tertiary/aromatic N) is 8. The number of thioether (sulfide) groups is 1. The van der Waals surface area contributed by atoms with Crippen LogP contribution in [0.4, 0.5) is 14.5 Å². The van der Waals surface area contributed by atoms with Crippen molar-refractivity contribution in [2.75, 3.05) is 38.3 Å². The highest BCUT2D eigenvalue weighted by atomic mass is 32.2. The first kappa shape index (κ1) is 33.1. The summed E-state index contributed by atoms with van der Waals surface area (Å²) in [5.74, 6) is -0.237. The van der Waals surface area contributed by atoms with Crippen LogP contribution in [0.2, 0.25) is 0 Å². The van der Waals surface area contributed by atoms with Crippen molar-refractivity contribution in [3.05, 3.63) is 54.6 Å². The van der Waals surface area contributed by atoms with Crippen LogP contribution in [0, 0.1) is 16.7 Å². The van der Waals surface area contributed by atoms with E-state index >= 15 is 0 Å². The SMILES string of the molecule is CSc1ccc(OC(F)F)c(-c2nn(CC(=O)N3CCC(N(C)CC(C)(C)C#N)CC3)cc2NC(O)c2cnn3cccnc23)c1. The number of ether oxygens (including phenoxy) is 1. The molecule has 0 bridgehead atoms. The second kappa shape index (κ2) is 14.0. The molecule has 4 aromatic rings. The third kappa shape index (κ3) is 7.57. The van der Waals surface area contributed by atoms with Crippen molar-refractivity contribution in [3.8, 4) is 23.1 Å². The van der Waals surface area contributed by atoms with Crippen molar-refractivity contribution in [3.63, 3.8) is 0 Å². The predicted octanol–water partition coefficient (Wildman–Crippen LogP) is 4.49. The van der Waals surface area contributed by atoms with Gasteiger partial charge in [0.05, 0.1) is 28.9 Å². The van der Waals surface area contributed by atoms with Crippen molar-refractivity contribution in [1.29, 1.82) is 5.26 Å². The number of carbonyl (C=O) groups is 1. The molecule has 1 saturated heterocycles. The van der Waals surface area contributed by atoms with Gasteiger partial charge < -0.3 is 25.0 Å². The molecule has 1 amide bonds. The number of hydrogen-bond acceptors (Lipinski definition) is 10. The van der Waals surface area contributed by atoms with Gasteiger partial charge in [-0.2, -0.15) is 24.2 Å². The molecule has 0 radical (unpaired) electrons. The Morgan fingerprint density at radius 1 is 1.33 bits per heavy atom. The zero-order valence-corrected chi connectivity index (χ0v) is 26.9. The molecular formula is C31H37F2N9O3S. The van der Waals surface area contributed by atoms with E-state index in [-0.39, 0.29) is 35.5 Å². The Kier molecular flexibility index (Phi) is 10.1. The molecule has 1 aliphatic rings. The van der Waals surface area contributed by atoms with E-state index < -0.39 is 18.3 Å². The van der Waals surface area contributed by atoms with Gasteiger partial charge >= 0.3 is 6.61 Å². The fourth-order valence-electron chi connectivity index (χ4n) is 5.67. The molecule has 2 N–H and O–H groups in total. The number of hydrogen-bond donors (Lipinski definition) is 2. The van der Waals surface area contributed by atoms with Gasteiger partial charge in [0.25, 0.3) is 0 Å². The number of aliphatic hydroxyl groups excluding tert-OH is 1. The van der Waals surface area contributed by atoms with Gasteiger partial charge in [-0.05, 0) is 64.3 Å². The number of benzene rings is 1. The van der Waals surface area contributed by atoms with Gasteiger partial charge in [-0.1, -0.05) is 0 Å². The van der Waals surface area contributed by atoms with Gasteiger partial charge in [0.15, 0.2) is 11.9 Å². The number of amides is 1. The molecule has 46 heavy (non-hydrogen) atoms. The lowest BCUT2D eigenvalue weighted by atomic mass is 9.93. The van der Waals surface area contributed by atoms with E-state index in [1.54, 1.807) is 41.7 Å². The van der Waals surface area contributed by atoms with Crippen molar-refractivity contribution in [2.45, 2.75) is 57.0 Å². The lowest BCUT2D eigenvalue weighted by Crippen LogP contribution is -2.48. The number of likely N-dealkylation sites (tertiary alicyclic amines) is 1. The van der Waals surface area contributed by atoms with E-state index in [0.717, 1.165) is 17.7 Å². The zero-order valence-electron chi connectivity index (χ0n) is 26.1. The van der Waals surface area contributed by atoms with Crippen molar-refractivity contribution in [2.24, 2.45) is 5.41 Å². The summed E-state index contributed by atoms with van der Waals surface area (Å²) in [6.07, 6.45) is 8.45. The van der Waals surface area contributed by atoms with Gasteiger partial charge in [-0.15, -0.1) is 11.8 Å². The van der Waals surface area contributed by atoms with Crippen LogP contribution in [0.3, 0.4) is 0 Å². The lowest BCUT2D eigenvalue weighted by molar-refractivity contribution is -0.133. The van der Waals surface area contributed by atoms with Gasteiger partial charge in [-0.3, -0.25) is 9.48 Å². The van der Waals surface area contributed by atoms with E-state index in [1.165, 1.54) is 33.2 Å². The summed E-state index contributed by atoms with van der Waals surface area (Å²) in [6, 6.07) is 9.11. The Hall–Kier alpha value is -4.26.